The summed E-state index contributed by atoms with van der Waals surface area (Å²) in [4.78, 5) is 38.2. The minimum Gasteiger partial charge on any atom is -0.462 e. The van der Waals surface area contributed by atoms with Gasteiger partial charge in [-0.3, -0.25) is 14.4 Å². The molecule has 0 aliphatic heterocycles. The molecule has 0 bridgehead atoms. The lowest BCUT2D eigenvalue weighted by Gasteiger charge is -2.18. The highest BCUT2D eigenvalue weighted by atomic mass is 16.6. The van der Waals surface area contributed by atoms with Gasteiger partial charge in [-0.1, -0.05) is 298 Å². The first kappa shape index (κ1) is 64.4. The fourth-order valence-corrected chi connectivity index (χ4v) is 9.16. The van der Waals surface area contributed by atoms with Gasteiger partial charge in [-0.05, 0) is 31.1 Å². The van der Waals surface area contributed by atoms with E-state index >= 15 is 0 Å². The van der Waals surface area contributed by atoms with Crippen LogP contribution in [0.15, 0.2) is 0 Å². The minimum atomic E-state index is -0.763. The van der Waals surface area contributed by atoms with Crippen LogP contribution in [0.1, 0.15) is 336 Å². The molecule has 0 aromatic rings. The van der Waals surface area contributed by atoms with Gasteiger partial charge >= 0.3 is 17.9 Å². The molecule has 392 valence electrons. The van der Waals surface area contributed by atoms with E-state index in [-0.39, 0.29) is 31.1 Å². The highest BCUT2D eigenvalue weighted by molar-refractivity contribution is 5.71. The van der Waals surface area contributed by atoms with Gasteiger partial charge in [0.25, 0.3) is 0 Å². The number of esters is 3. The van der Waals surface area contributed by atoms with E-state index in [2.05, 4.69) is 34.6 Å². The van der Waals surface area contributed by atoms with Crippen molar-refractivity contribution in [1.29, 1.82) is 0 Å². The molecule has 0 aromatic carbocycles. The lowest BCUT2D eigenvalue weighted by atomic mass is 9.99. The van der Waals surface area contributed by atoms with Gasteiger partial charge in [0, 0.05) is 19.3 Å². The molecule has 0 heterocycles. The molecule has 0 radical (unpaired) electrons. The maximum atomic E-state index is 12.9. The van der Waals surface area contributed by atoms with Crippen LogP contribution in [0.4, 0.5) is 0 Å². The topological polar surface area (TPSA) is 78.9 Å². The van der Waals surface area contributed by atoms with Crippen LogP contribution in [-0.4, -0.2) is 37.2 Å². The Morgan fingerprint density at radius 3 is 0.788 bits per heavy atom. The molecule has 2 unspecified atom stereocenters. The Kier molecular flexibility index (Phi) is 51.5. The predicted molar refractivity (Wildman–Crippen MR) is 284 cm³/mol. The number of hydrogen-bond donors (Lipinski definition) is 0. The third-order valence-electron chi connectivity index (χ3n) is 14.4. The molecule has 0 aliphatic rings. The van der Waals surface area contributed by atoms with Crippen LogP contribution in [0.25, 0.3) is 0 Å². The van der Waals surface area contributed by atoms with Crippen LogP contribution in [0.2, 0.25) is 0 Å². The molecule has 3 atom stereocenters. The summed E-state index contributed by atoms with van der Waals surface area (Å²) in [6.45, 7) is 11.5. The van der Waals surface area contributed by atoms with Crippen LogP contribution in [0.5, 0.6) is 0 Å². The van der Waals surface area contributed by atoms with E-state index in [0.717, 1.165) is 69.6 Å². The van der Waals surface area contributed by atoms with E-state index in [1.54, 1.807) is 0 Å². The monoisotopic (exact) mass is 933 g/mol. The largest absolute Gasteiger partial charge is 0.462 e. The van der Waals surface area contributed by atoms with E-state index in [4.69, 9.17) is 14.2 Å². The molecule has 0 saturated heterocycles. The summed E-state index contributed by atoms with van der Waals surface area (Å²) < 4.78 is 16.9. The molecule has 0 amide bonds. The SMILES string of the molecule is CCCCCCCCCCCCCCCCCCCCC(=O)O[C@@H](COC(=O)CCCCCCCCCCCCCCCCC(C)CC)COC(=O)CCCCCCCCCCC(C)CC. The second-order valence-corrected chi connectivity index (χ2v) is 21.1. The van der Waals surface area contributed by atoms with Crippen molar-refractivity contribution < 1.29 is 28.6 Å². The molecule has 6 nitrogen and oxygen atoms in total. The molecule has 0 aliphatic carbocycles. The van der Waals surface area contributed by atoms with Gasteiger partial charge in [-0.15, -0.1) is 0 Å². The molecule has 0 rings (SSSR count). The number of ether oxygens (including phenoxy) is 3. The van der Waals surface area contributed by atoms with Crippen molar-refractivity contribution in [2.75, 3.05) is 13.2 Å². The second-order valence-electron chi connectivity index (χ2n) is 21.1. The number of rotatable bonds is 54. The number of carbonyl (C=O) groups is 3. The Morgan fingerprint density at radius 1 is 0.303 bits per heavy atom. The third-order valence-corrected chi connectivity index (χ3v) is 14.4. The van der Waals surface area contributed by atoms with Crippen molar-refractivity contribution in [3.63, 3.8) is 0 Å². The van der Waals surface area contributed by atoms with Gasteiger partial charge in [0.2, 0.25) is 0 Å². The molecule has 0 saturated carbocycles. The van der Waals surface area contributed by atoms with Crippen LogP contribution in [0, 0.1) is 11.8 Å². The van der Waals surface area contributed by atoms with Crippen LogP contribution >= 0.6 is 0 Å². The van der Waals surface area contributed by atoms with Gasteiger partial charge in [0.15, 0.2) is 6.10 Å². The Morgan fingerprint density at radius 2 is 0.530 bits per heavy atom. The molecule has 0 spiro atoms. The smallest absolute Gasteiger partial charge is 0.306 e. The highest BCUT2D eigenvalue weighted by Crippen LogP contribution is 2.19. The first-order valence-corrected chi connectivity index (χ1v) is 29.8. The predicted octanol–water partition coefficient (Wildman–Crippen LogP) is 19.7. The Hall–Kier alpha value is -1.59. The first-order chi connectivity index (χ1) is 32.3. The molecular formula is C60H116O6. The zero-order valence-electron chi connectivity index (χ0n) is 45.3. The minimum absolute atomic E-state index is 0.0629. The van der Waals surface area contributed by atoms with Crippen molar-refractivity contribution in [2.45, 2.75) is 343 Å². The van der Waals surface area contributed by atoms with Crippen LogP contribution in [-0.2, 0) is 28.6 Å². The fourth-order valence-electron chi connectivity index (χ4n) is 9.16. The van der Waals surface area contributed by atoms with Crippen LogP contribution < -0.4 is 0 Å². The Labute approximate surface area is 412 Å². The maximum Gasteiger partial charge on any atom is 0.306 e. The molecule has 66 heavy (non-hydrogen) atoms. The molecule has 0 fully saturated rings. The van der Waals surface area contributed by atoms with Crippen molar-refractivity contribution in [2.24, 2.45) is 11.8 Å². The van der Waals surface area contributed by atoms with Gasteiger partial charge in [0.05, 0.1) is 0 Å². The van der Waals surface area contributed by atoms with Gasteiger partial charge in [0.1, 0.15) is 13.2 Å². The summed E-state index contributed by atoms with van der Waals surface area (Å²) in [6, 6.07) is 0. The summed E-state index contributed by atoms with van der Waals surface area (Å²) >= 11 is 0. The molecule has 6 heteroatoms. The van der Waals surface area contributed by atoms with E-state index in [0.29, 0.717) is 19.3 Å². The van der Waals surface area contributed by atoms with E-state index in [9.17, 15) is 14.4 Å². The van der Waals surface area contributed by atoms with E-state index in [1.807, 2.05) is 0 Å². The summed E-state index contributed by atoms with van der Waals surface area (Å²) in [5.41, 5.74) is 0. The average molecular weight is 934 g/mol. The van der Waals surface area contributed by atoms with E-state index < -0.39 is 6.10 Å². The lowest BCUT2D eigenvalue weighted by Crippen LogP contribution is -2.30. The van der Waals surface area contributed by atoms with Crippen molar-refractivity contribution >= 4 is 17.9 Å². The zero-order valence-corrected chi connectivity index (χ0v) is 45.3. The number of carbonyl (C=O) groups excluding carboxylic acids is 3. The second kappa shape index (κ2) is 52.8. The summed E-state index contributed by atoms with van der Waals surface area (Å²) in [6.07, 6.45) is 56.6. The number of hydrogen-bond acceptors (Lipinski definition) is 6. The fraction of sp³-hybridized carbons (Fsp3) is 0.950. The average Bonchev–Trinajstić information content (AvgIpc) is 3.32. The lowest BCUT2D eigenvalue weighted by molar-refractivity contribution is -0.167. The molecule has 0 aromatic heterocycles. The summed E-state index contributed by atoms with van der Waals surface area (Å²) in [7, 11) is 0. The van der Waals surface area contributed by atoms with Crippen molar-refractivity contribution in [3.8, 4) is 0 Å². The Balaban J connectivity index is 4.28. The first-order valence-electron chi connectivity index (χ1n) is 29.8. The Bertz CT molecular complexity index is 1010. The number of unbranched alkanes of at least 4 members (excludes halogenated alkanes) is 37. The normalized spacial score (nSPS) is 12.9. The molecule has 0 N–H and O–H groups in total. The van der Waals surface area contributed by atoms with Gasteiger partial charge in [-0.25, -0.2) is 0 Å². The van der Waals surface area contributed by atoms with Crippen molar-refractivity contribution in [1.82, 2.24) is 0 Å². The van der Waals surface area contributed by atoms with E-state index in [1.165, 1.54) is 225 Å². The quantitative estimate of drug-likeness (QED) is 0.0343. The van der Waals surface area contributed by atoms with Gasteiger partial charge < -0.3 is 14.2 Å². The third kappa shape index (κ3) is 50.3. The van der Waals surface area contributed by atoms with Crippen molar-refractivity contribution in [3.05, 3.63) is 0 Å². The zero-order chi connectivity index (χ0) is 48.2. The summed E-state index contributed by atoms with van der Waals surface area (Å²) in [5, 5.41) is 0. The standard InChI is InChI=1S/C60H116O6/c1-6-9-10-11-12-13-14-15-16-17-18-19-24-27-30-37-42-47-52-60(63)66-57(54-65-59(62)51-46-41-36-32-31-34-39-44-49-56(5)8-3)53-64-58(61)50-45-40-35-29-26-23-21-20-22-25-28-33-38-43-48-55(4)7-2/h55-57H,6-54H2,1-5H3/t55?,56?,57-/m0/s1. The van der Waals surface area contributed by atoms with Crippen LogP contribution in [0.3, 0.4) is 0 Å². The molecular weight excluding hydrogens is 817 g/mol. The van der Waals surface area contributed by atoms with Gasteiger partial charge in [-0.2, -0.15) is 0 Å². The maximum absolute atomic E-state index is 12.9. The highest BCUT2D eigenvalue weighted by Gasteiger charge is 2.19. The summed E-state index contributed by atoms with van der Waals surface area (Å²) in [5.74, 6) is 0.904.